The number of methoxy groups -OCH3 is 1. The number of hydrogen-bond acceptors (Lipinski definition) is 4. The first-order chi connectivity index (χ1) is 7.94. The van der Waals surface area contributed by atoms with Crippen molar-refractivity contribution >= 4 is 5.84 Å². The van der Waals surface area contributed by atoms with Crippen LogP contribution in [0.1, 0.15) is 40.0 Å². The Labute approximate surface area is 104 Å². The van der Waals surface area contributed by atoms with E-state index < -0.39 is 0 Å². The molecule has 0 saturated carbocycles. The summed E-state index contributed by atoms with van der Waals surface area (Å²) in [6.45, 7) is 7.78. The summed E-state index contributed by atoms with van der Waals surface area (Å²) in [5.41, 5.74) is 5.39. The van der Waals surface area contributed by atoms with Crippen LogP contribution in [0, 0.1) is 5.41 Å². The fraction of sp³-hybridized carbons (Fsp3) is 0.917. The van der Waals surface area contributed by atoms with Gasteiger partial charge in [-0.1, -0.05) is 25.4 Å². The summed E-state index contributed by atoms with van der Waals surface area (Å²) in [6.07, 6.45) is 3.05. The topological polar surface area (TPSA) is 79.9 Å². The third-order valence-corrected chi connectivity index (χ3v) is 2.94. The first-order valence-corrected chi connectivity index (χ1v) is 6.14. The van der Waals surface area contributed by atoms with Crippen LogP contribution in [-0.4, -0.2) is 37.3 Å². The summed E-state index contributed by atoms with van der Waals surface area (Å²) in [5, 5.41) is 15.1. The number of amidine groups is 1. The molecule has 0 heterocycles. The predicted molar refractivity (Wildman–Crippen MR) is 70.4 cm³/mol. The quantitative estimate of drug-likeness (QED) is 0.189. The molecule has 0 aliphatic carbocycles. The Morgan fingerprint density at radius 1 is 1.47 bits per heavy atom. The molecule has 0 aliphatic rings. The number of oxime groups is 1. The summed E-state index contributed by atoms with van der Waals surface area (Å²) < 4.78 is 5.04. The van der Waals surface area contributed by atoms with E-state index in [0.29, 0.717) is 11.9 Å². The average molecular weight is 245 g/mol. The van der Waals surface area contributed by atoms with Crippen molar-refractivity contribution in [1.29, 1.82) is 0 Å². The second-order valence-electron chi connectivity index (χ2n) is 5.14. The summed E-state index contributed by atoms with van der Waals surface area (Å²) in [6, 6.07) is 0.386. The highest BCUT2D eigenvalue weighted by Crippen LogP contribution is 2.23. The van der Waals surface area contributed by atoms with Gasteiger partial charge in [-0.15, -0.1) is 0 Å². The highest BCUT2D eigenvalue weighted by Gasteiger charge is 2.22. The number of unbranched alkanes of at least 4 members (excludes halogenated alkanes) is 1. The maximum absolute atomic E-state index is 8.64. The Morgan fingerprint density at radius 3 is 2.65 bits per heavy atom. The summed E-state index contributed by atoms with van der Waals surface area (Å²) in [7, 11) is 1.71. The molecule has 5 heteroatoms. The van der Waals surface area contributed by atoms with Crippen LogP contribution in [0.5, 0.6) is 0 Å². The SMILES string of the molecule is COCC(C)NCCCCC(C)(C)C(N)=NO. The van der Waals surface area contributed by atoms with Crippen LogP contribution in [-0.2, 0) is 4.74 Å². The van der Waals surface area contributed by atoms with Crippen molar-refractivity contribution in [3.63, 3.8) is 0 Å². The number of nitrogens with two attached hydrogens (primary N) is 1. The molecular weight excluding hydrogens is 218 g/mol. The largest absolute Gasteiger partial charge is 0.409 e. The van der Waals surface area contributed by atoms with Crippen LogP contribution < -0.4 is 11.1 Å². The Hall–Kier alpha value is -0.810. The fourth-order valence-electron chi connectivity index (χ4n) is 1.61. The minimum absolute atomic E-state index is 0.229. The summed E-state index contributed by atoms with van der Waals surface area (Å²) in [5.74, 6) is 0.304. The lowest BCUT2D eigenvalue weighted by Crippen LogP contribution is -2.33. The van der Waals surface area contributed by atoms with Crippen molar-refractivity contribution in [3.8, 4) is 0 Å². The van der Waals surface area contributed by atoms with Crippen LogP contribution in [0.4, 0.5) is 0 Å². The Bertz CT molecular complexity index is 230. The van der Waals surface area contributed by atoms with Gasteiger partial charge in [-0.05, 0) is 26.3 Å². The fourth-order valence-corrected chi connectivity index (χ4v) is 1.61. The van der Waals surface area contributed by atoms with Gasteiger partial charge < -0.3 is 21.0 Å². The molecule has 0 aromatic heterocycles. The van der Waals surface area contributed by atoms with Crippen molar-refractivity contribution in [3.05, 3.63) is 0 Å². The Kier molecular flexibility index (Phi) is 7.91. The number of ether oxygens (including phenoxy) is 1. The molecule has 0 radical (unpaired) electrons. The van der Waals surface area contributed by atoms with Crippen molar-refractivity contribution in [1.82, 2.24) is 5.32 Å². The first kappa shape index (κ1) is 16.2. The molecule has 0 bridgehead atoms. The van der Waals surface area contributed by atoms with Crippen LogP contribution in [0.2, 0.25) is 0 Å². The molecule has 0 rings (SSSR count). The molecule has 0 fully saturated rings. The predicted octanol–water partition coefficient (Wildman–Crippen LogP) is 1.55. The Balaban J connectivity index is 3.64. The van der Waals surface area contributed by atoms with E-state index in [1.54, 1.807) is 7.11 Å². The summed E-state index contributed by atoms with van der Waals surface area (Å²) in [4.78, 5) is 0. The lowest BCUT2D eigenvalue weighted by molar-refractivity contribution is 0.172. The smallest absolute Gasteiger partial charge is 0.144 e. The highest BCUT2D eigenvalue weighted by atomic mass is 16.5. The van der Waals surface area contributed by atoms with E-state index >= 15 is 0 Å². The maximum Gasteiger partial charge on any atom is 0.144 e. The number of nitrogens with zero attached hydrogens (tertiary/aromatic N) is 1. The molecule has 4 N–H and O–H groups in total. The second kappa shape index (κ2) is 8.31. The zero-order valence-electron chi connectivity index (χ0n) is 11.5. The van der Waals surface area contributed by atoms with Crippen LogP contribution >= 0.6 is 0 Å². The molecular formula is C12H27N3O2. The van der Waals surface area contributed by atoms with Gasteiger partial charge in [0, 0.05) is 18.6 Å². The molecule has 0 aromatic carbocycles. The van der Waals surface area contributed by atoms with Crippen molar-refractivity contribution in [2.45, 2.75) is 46.1 Å². The standard InChI is InChI=1S/C12H27N3O2/c1-10(9-17-4)14-8-6-5-7-12(2,3)11(13)15-16/h10,14,16H,5-9H2,1-4H3,(H2,13,15). The van der Waals surface area contributed by atoms with Gasteiger partial charge in [-0.25, -0.2) is 0 Å². The van der Waals surface area contributed by atoms with E-state index in [0.717, 1.165) is 32.4 Å². The minimum Gasteiger partial charge on any atom is -0.409 e. The van der Waals surface area contributed by atoms with E-state index in [9.17, 15) is 0 Å². The average Bonchev–Trinajstić information content (AvgIpc) is 2.27. The van der Waals surface area contributed by atoms with Gasteiger partial charge in [0.2, 0.25) is 0 Å². The lowest BCUT2D eigenvalue weighted by atomic mass is 9.86. The lowest BCUT2D eigenvalue weighted by Gasteiger charge is -2.22. The van der Waals surface area contributed by atoms with E-state index in [2.05, 4.69) is 17.4 Å². The molecule has 5 nitrogen and oxygen atoms in total. The highest BCUT2D eigenvalue weighted by molar-refractivity contribution is 5.85. The van der Waals surface area contributed by atoms with Gasteiger partial charge in [0.1, 0.15) is 5.84 Å². The molecule has 0 saturated heterocycles. The van der Waals surface area contributed by atoms with Gasteiger partial charge in [0.05, 0.1) is 6.61 Å². The van der Waals surface area contributed by atoms with E-state index in [-0.39, 0.29) is 5.41 Å². The maximum atomic E-state index is 8.64. The van der Waals surface area contributed by atoms with Crippen LogP contribution in [0.15, 0.2) is 5.16 Å². The zero-order chi connectivity index (χ0) is 13.3. The van der Waals surface area contributed by atoms with Crippen molar-refractivity contribution < 1.29 is 9.94 Å². The van der Waals surface area contributed by atoms with E-state index in [4.69, 9.17) is 15.7 Å². The normalized spacial score (nSPS) is 14.9. The van der Waals surface area contributed by atoms with E-state index in [1.165, 1.54) is 0 Å². The third kappa shape index (κ3) is 7.18. The van der Waals surface area contributed by atoms with E-state index in [1.807, 2.05) is 13.8 Å². The van der Waals surface area contributed by atoms with Gasteiger partial charge in [0.25, 0.3) is 0 Å². The van der Waals surface area contributed by atoms with Gasteiger partial charge in [-0.3, -0.25) is 0 Å². The first-order valence-electron chi connectivity index (χ1n) is 6.14. The monoisotopic (exact) mass is 245 g/mol. The molecule has 0 aromatic rings. The third-order valence-electron chi connectivity index (χ3n) is 2.94. The van der Waals surface area contributed by atoms with Gasteiger partial charge >= 0.3 is 0 Å². The minimum atomic E-state index is -0.229. The van der Waals surface area contributed by atoms with Gasteiger partial charge in [0.15, 0.2) is 0 Å². The zero-order valence-corrected chi connectivity index (χ0v) is 11.5. The molecule has 1 unspecified atom stereocenters. The van der Waals surface area contributed by atoms with Gasteiger partial charge in [-0.2, -0.15) is 0 Å². The number of hydrogen-bond donors (Lipinski definition) is 3. The molecule has 0 aliphatic heterocycles. The van der Waals surface area contributed by atoms with Crippen LogP contribution in [0.25, 0.3) is 0 Å². The summed E-state index contributed by atoms with van der Waals surface area (Å²) >= 11 is 0. The number of nitrogens with one attached hydrogen (secondary N) is 1. The van der Waals surface area contributed by atoms with Crippen molar-refractivity contribution in [2.75, 3.05) is 20.3 Å². The molecule has 1 atom stereocenters. The Morgan fingerprint density at radius 2 is 2.12 bits per heavy atom. The molecule has 102 valence electrons. The molecule has 0 spiro atoms. The second-order valence-corrected chi connectivity index (χ2v) is 5.14. The number of rotatable bonds is 9. The molecule has 17 heavy (non-hydrogen) atoms. The van der Waals surface area contributed by atoms with Crippen molar-refractivity contribution in [2.24, 2.45) is 16.3 Å². The van der Waals surface area contributed by atoms with Crippen LogP contribution in [0.3, 0.4) is 0 Å². The molecule has 0 amide bonds.